The van der Waals surface area contributed by atoms with E-state index in [0.29, 0.717) is 16.8 Å². The van der Waals surface area contributed by atoms with Crippen LogP contribution >= 0.6 is 0 Å². The maximum atomic E-state index is 12.3. The van der Waals surface area contributed by atoms with Gasteiger partial charge in [-0.3, -0.25) is 14.6 Å². The molecule has 1 aliphatic heterocycles. The van der Waals surface area contributed by atoms with Crippen LogP contribution in [0.2, 0.25) is 0 Å². The van der Waals surface area contributed by atoms with Gasteiger partial charge in [0, 0.05) is 12.1 Å². The van der Waals surface area contributed by atoms with E-state index in [4.69, 9.17) is 10.8 Å². The standard InChI is InChI=1S/C21H22N6O3/c1-11-7-14(27-20(30)26(22)17(28)10-23-27)8-12(2)15(11)9-13-5-6-16-18(24-13)21(3,4)19(29)25-16/h5-8,10H,9,22H2,1-4H3,(H,25,29). The minimum Gasteiger partial charge on any atom is -0.332 e. The highest BCUT2D eigenvalue weighted by molar-refractivity contribution is 6.04. The van der Waals surface area contributed by atoms with Crippen molar-refractivity contribution in [3.05, 3.63) is 79.4 Å². The monoisotopic (exact) mass is 406 g/mol. The second kappa shape index (κ2) is 6.65. The normalized spacial score (nSPS) is 14.5. The number of carbonyl (C=O) groups is 1. The van der Waals surface area contributed by atoms with Gasteiger partial charge in [0.25, 0.3) is 5.56 Å². The summed E-state index contributed by atoms with van der Waals surface area (Å²) in [6, 6.07) is 7.44. The van der Waals surface area contributed by atoms with Gasteiger partial charge in [-0.1, -0.05) is 0 Å². The average molecular weight is 406 g/mol. The number of hydrogen-bond donors (Lipinski definition) is 2. The van der Waals surface area contributed by atoms with E-state index in [1.807, 2.05) is 52.0 Å². The molecule has 9 nitrogen and oxygen atoms in total. The molecule has 4 rings (SSSR count). The van der Waals surface area contributed by atoms with Gasteiger partial charge in [0.05, 0.1) is 22.5 Å². The van der Waals surface area contributed by atoms with Crippen molar-refractivity contribution < 1.29 is 4.79 Å². The number of anilines is 1. The fourth-order valence-electron chi connectivity index (χ4n) is 3.71. The predicted molar refractivity (Wildman–Crippen MR) is 112 cm³/mol. The Morgan fingerprint density at radius 1 is 1.10 bits per heavy atom. The first kappa shape index (κ1) is 19.6. The van der Waals surface area contributed by atoms with E-state index in [1.54, 1.807) is 0 Å². The quantitative estimate of drug-likeness (QED) is 0.624. The molecule has 154 valence electrons. The number of aromatic nitrogens is 4. The molecule has 2 aromatic heterocycles. The number of pyridine rings is 1. The molecule has 0 saturated carbocycles. The second-order valence-corrected chi connectivity index (χ2v) is 8.06. The van der Waals surface area contributed by atoms with Gasteiger partial charge in [0.2, 0.25) is 5.91 Å². The van der Waals surface area contributed by atoms with Crippen molar-refractivity contribution in [3.8, 4) is 5.69 Å². The minimum atomic E-state index is -0.714. The van der Waals surface area contributed by atoms with E-state index in [9.17, 15) is 14.4 Å². The van der Waals surface area contributed by atoms with E-state index in [1.165, 1.54) is 0 Å². The van der Waals surface area contributed by atoms with Gasteiger partial charge in [-0.05, 0) is 68.7 Å². The maximum Gasteiger partial charge on any atom is 0.370 e. The summed E-state index contributed by atoms with van der Waals surface area (Å²) < 4.78 is 1.62. The van der Waals surface area contributed by atoms with Crippen LogP contribution in [0.5, 0.6) is 0 Å². The first-order valence-electron chi connectivity index (χ1n) is 9.48. The maximum absolute atomic E-state index is 12.3. The fraction of sp³-hybridized carbons (Fsp3) is 0.286. The van der Waals surface area contributed by atoms with E-state index < -0.39 is 16.7 Å². The Morgan fingerprint density at radius 2 is 1.77 bits per heavy atom. The molecule has 1 aliphatic rings. The lowest BCUT2D eigenvalue weighted by Gasteiger charge is -2.16. The lowest BCUT2D eigenvalue weighted by molar-refractivity contribution is -0.119. The lowest BCUT2D eigenvalue weighted by Crippen LogP contribution is -2.44. The van der Waals surface area contributed by atoms with Crippen molar-refractivity contribution in [3.63, 3.8) is 0 Å². The molecule has 3 aromatic rings. The first-order valence-corrected chi connectivity index (χ1v) is 9.48. The molecule has 1 amide bonds. The molecule has 1 aromatic carbocycles. The highest BCUT2D eigenvalue weighted by atomic mass is 16.2. The third-order valence-corrected chi connectivity index (χ3v) is 5.55. The Kier molecular flexibility index (Phi) is 4.34. The molecule has 0 fully saturated rings. The zero-order valence-corrected chi connectivity index (χ0v) is 17.2. The Hall–Kier alpha value is -3.75. The van der Waals surface area contributed by atoms with E-state index in [-0.39, 0.29) is 5.91 Å². The summed E-state index contributed by atoms with van der Waals surface area (Å²) in [7, 11) is 0. The SMILES string of the molecule is Cc1cc(-n2ncc(=O)n(N)c2=O)cc(C)c1Cc1ccc2c(n1)C(C)(C)C(=O)N2. The third kappa shape index (κ3) is 2.99. The minimum absolute atomic E-state index is 0.0574. The molecule has 0 unspecified atom stereocenters. The smallest absolute Gasteiger partial charge is 0.332 e. The highest BCUT2D eigenvalue weighted by Crippen LogP contribution is 2.36. The predicted octanol–water partition coefficient (Wildman–Crippen LogP) is 0.940. The zero-order valence-electron chi connectivity index (χ0n) is 17.2. The van der Waals surface area contributed by atoms with Gasteiger partial charge in [-0.25, -0.2) is 4.79 Å². The molecule has 0 radical (unpaired) electrons. The van der Waals surface area contributed by atoms with Crippen molar-refractivity contribution in [1.82, 2.24) is 19.4 Å². The van der Waals surface area contributed by atoms with E-state index >= 15 is 0 Å². The molecule has 9 heteroatoms. The number of nitrogens with two attached hydrogens (primary N) is 1. The molecule has 0 atom stereocenters. The molecule has 0 saturated heterocycles. The summed E-state index contributed by atoms with van der Waals surface area (Å²) >= 11 is 0. The van der Waals surface area contributed by atoms with Gasteiger partial charge in [0.1, 0.15) is 6.20 Å². The van der Waals surface area contributed by atoms with Crippen molar-refractivity contribution in [2.45, 2.75) is 39.5 Å². The average Bonchev–Trinajstić information content (AvgIpc) is 2.91. The second-order valence-electron chi connectivity index (χ2n) is 8.06. The van der Waals surface area contributed by atoms with E-state index in [0.717, 1.165) is 44.6 Å². The number of nitrogens with zero attached hydrogens (tertiary/aromatic N) is 4. The van der Waals surface area contributed by atoms with Gasteiger partial charge in [-0.15, -0.1) is 0 Å². The van der Waals surface area contributed by atoms with Crippen LogP contribution in [0.3, 0.4) is 0 Å². The molecule has 0 spiro atoms. The van der Waals surface area contributed by atoms with Crippen LogP contribution in [0.25, 0.3) is 5.69 Å². The Morgan fingerprint density at radius 3 is 2.43 bits per heavy atom. The number of nitrogen functional groups attached to an aromatic ring is 1. The summed E-state index contributed by atoms with van der Waals surface area (Å²) in [6.45, 7) is 7.60. The lowest BCUT2D eigenvalue weighted by atomic mass is 9.90. The number of rotatable bonds is 3. The zero-order chi connectivity index (χ0) is 21.8. The Balaban J connectivity index is 1.72. The molecule has 30 heavy (non-hydrogen) atoms. The number of amides is 1. The number of aryl methyl sites for hydroxylation is 2. The van der Waals surface area contributed by atoms with Crippen molar-refractivity contribution in [2.24, 2.45) is 0 Å². The van der Waals surface area contributed by atoms with Gasteiger partial charge in [-0.2, -0.15) is 14.5 Å². The van der Waals surface area contributed by atoms with Crippen LogP contribution in [-0.4, -0.2) is 25.3 Å². The van der Waals surface area contributed by atoms with Gasteiger partial charge >= 0.3 is 5.69 Å². The molecule has 0 bridgehead atoms. The highest BCUT2D eigenvalue weighted by Gasteiger charge is 2.40. The fourth-order valence-corrected chi connectivity index (χ4v) is 3.71. The van der Waals surface area contributed by atoms with Crippen LogP contribution < -0.4 is 22.4 Å². The number of benzene rings is 1. The van der Waals surface area contributed by atoms with Crippen molar-refractivity contribution in [2.75, 3.05) is 11.2 Å². The van der Waals surface area contributed by atoms with Crippen LogP contribution in [0.15, 0.2) is 40.1 Å². The molecular formula is C21H22N6O3. The number of nitrogens with one attached hydrogen (secondary N) is 1. The van der Waals surface area contributed by atoms with Crippen LogP contribution in [0.4, 0.5) is 5.69 Å². The van der Waals surface area contributed by atoms with Crippen LogP contribution in [-0.2, 0) is 16.6 Å². The van der Waals surface area contributed by atoms with Crippen LogP contribution in [0.1, 0.15) is 41.9 Å². The molecule has 3 N–H and O–H groups in total. The van der Waals surface area contributed by atoms with Crippen molar-refractivity contribution >= 4 is 11.6 Å². The summed E-state index contributed by atoms with van der Waals surface area (Å²) in [4.78, 5) is 40.7. The molecule has 0 aliphatic carbocycles. The summed E-state index contributed by atoms with van der Waals surface area (Å²) in [5.74, 6) is 5.44. The third-order valence-electron chi connectivity index (χ3n) is 5.55. The van der Waals surface area contributed by atoms with Crippen molar-refractivity contribution in [1.29, 1.82) is 0 Å². The summed E-state index contributed by atoms with van der Waals surface area (Å²) in [6.07, 6.45) is 1.58. The van der Waals surface area contributed by atoms with E-state index in [2.05, 4.69) is 10.4 Å². The topological polar surface area (TPSA) is 125 Å². The Bertz CT molecular complexity index is 1300. The Labute approximate surface area is 172 Å². The molecular weight excluding hydrogens is 384 g/mol. The van der Waals surface area contributed by atoms with Gasteiger partial charge in [0.15, 0.2) is 0 Å². The first-order chi connectivity index (χ1) is 14.1. The summed E-state index contributed by atoms with van der Waals surface area (Å²) in [5.41, 5.74) is 3.78. The molecule has 3 heterocycles. The number of hydrogen-bond acceptors (Lipinski definition) is 6. The van der Waals surface area contributed by atoms with Crippen LogP contribution in [0, 0.1) is 13.8 Å². The number of fused-ring (bicyclic) bond motifs is 1. The largest absolute Gasteiger partial charge is 0.370 e. The summed E-state index contributed by atoms with van der Waals surface area (Å²) in [5, 5.41) is 6.77. The van der Waals surface area contributed by atoms with Gasteiger partial charge < -0.3 is 11.2 Å². The number of carbonyl (C=O) groups excluding carboxylic acids is 1.